The highest BCUT2D eigenvalue weighted by Gasteiger charge is 2.25. The van der Waals surface area contributed by atoms with Crippen molar-refractivity contribution in [2.75, 3.05) is 16.8 Å². The summed E-state index contributed by atoms with van der Waals surface area (Å²) in [5, 5.41) is 14.4. The van der Waals surface area contributed by atoms with Gasteiger partial charge >= 0.3 is 0 Å². The maximum atomic E-state index is 10.9. The third kappa shape index (κ3) is 2.80. The van der Waals surface area contributed by atoms with Gasteiger partial charge < -0.3 is 5.32 Å². The number of nitro benzene ring substituents is 1. The van der Waals surface area contributed by atoms with Crippen LogP contribution in [0.25, 0.3) is 0 Å². The number of nitrogens with zero attached hydrogens (tertiary/aromatic N) is 1. The predicted octanol–water partition coefficient (Wildman–Crippen LogP) is 3.83. The van der Waals surface area contributed by atoms with Gasteiger partial charge in [0, 0.05) is 27.9 Å². The topological polar surface area (TPSA) is 55.2 Å². The van der Waals surface area contributed by atoms with E-state index in [2.05, 4.69) is 28.2 Å². The van der Waals surface area contributed by atoms with Crippen LogP contribution in [0.4, 0.5) is 11.4 Å². The van der Waals surface area contributed by atoms with E-state index in [0.29, 0.717) is 17.5 Å². The van der Waals surface area contributed by atoms with Crippen molar-refractivity contribution < 1.29 is 4.92 Å². The zero-order valence-corrected chi connectivity index (χ0v) is 12.7. The van der Waals surface area contributed by atoms with Crippen molar-refractivity contribution in [3.63, 3.8) is 0 Å². The zero-order chi connectivity index (χ0) is 13.3. The molecule has 1 N–H and O–H groups in total. The molecular formula is C12H15BrN2O2S. The van der Waals surface area contributed by atoms with Gasteiger partial charge in [0.15, 0.2) is 0 Å². The summed E-state index contributed by atoms with van der Waals surface area (Å²) in [4.78, 5) is 10.6. The number of hydrogen-bond donors (Lipinski definition) is 1. The van der Waals surface area contributed by atoms with E-state index in [1.54, 1.807) is 19.1 Å². The lowest BCUT2D eigenvalue weighted by molar-refractivity contribution is -0.385. The molecule has 0 amide bonds. The van der Waals surface area contributed by atoms with E-state index in [9.17, 15) is 10.1 Å². The maximum absolute atomic E-state index is 10.9. The lowest BCUT2D eigenvalue weighted by atomic mass is 10.1. The molecule has 0 radical (unpaired) electrons. The number of hydrogen-bond acceptors (Lipinski definition) is 4. The van der Waals surface area contributed by atoms with Crippen molar-refractivity contribution in [2.45, 2.75) is 19.9 Å². The van der Waals surface area contributed by atoms with E-state index in [0.717, 1.165) is 21.7 Å². The van der Waals surface area contributed by atoms with Gasteiger partial charge in [-0.1, -0.05) is 6.92 Å². The summed E-state index contributed by atoms with van der Waals surface area (Å²) in [5.41, 5.74) is 1.65. The molecule has 2 unspecified atom stereocenters. The van der Waals surface area contributed by atoms with Crippen molar-refractivity contribution in [2.24, 2.45) is 5.92 Å². The maximum Gasteiger partial charge on any atom is 0.274 e. The smallest absolute Gasteiger partial charge is 0.274 e. The zero-order valence-electron chi connectivity index (χ0n) is 10.3. The van der Waals surface area contributed by atoms with Crippen molar-refractivity contribution >= 4 is 39.1 Å². The van der Waals surface area contributed by atoms with Crippen LogP contribution in [0.1, 0.15) is 12.5 Å². The van der Waals surface area contributed by atoms with Gasteiger partial charge in [0.05, 0.1) is 10.6 Å². The Hall–Kier alpha value is -0.750. The first kappa shape index (κ1) is 13.7. The Balaban J connectivity index is 2.27. The molecule has 1 aromatic rings. The fraction of sp³-hybridized carbons (Fsp3) is 0.500. The van der Waals surface area contributed by atoms with Crippen LogP contribution in [0, 0.1) is 23.0 Å². The van der Waals surface area contributed by atoms with Crippen LogP contribution in [0.5, 0.6) is 0 Å². The number of nitro groups is 1. The lowest BCUT2D eigenvalue weighted by Gasteiger charge is -2.19. The third-order valence-corrected chi connectivity index (χ3v) is 5.20. The van der Waals surface area contributed by atoms with Gasteiger partial charge in [-0.3, -0.25) is 10.1 Å². The van der Waals surface area contributed by atoms with E-state index in [1.165, 1.54) is 0 Å². The molecule has 0 spiro atoms. The molecule has 2 rings (SSSR count). The molecule has 1 heterocycles. The fourth-order valence-corrected chi connectivity index (χ4v) is 3.99. The second kappa shape index (κ2) is 5.48. The molecule has 0 aromatic heterocycles. The molecule has 1 saturated heterocycles. The Morgan fingerprint density at radius 2 is 2.22 bits per heavy atom. The molecule has 0 bridgehead atoms. The standard InChI is InChI=1S/C12H15BrN2O2S/c1-7-3-9(13)10(4-12(7)15(16)17)14-11-6-18-5-8(11)2/h3-4,8,11,14H,5-6H2,1-2H3. The average Bonchev–Trinajstić information content (AvgIpc) is 2.67. The summed E-state index contributed by atoms with van der Waals surface area (Å²) in [7, 11) is 0. The van der Waals surface area contributed by atoms with Crippen LogP contribution in [0.2, 0.25) is 0 Å². The summed E-state index contributed by atoms with van der Waals surface area (Å²) in [6, 6.07) is 3.80. The van der Waals surface area contributed by atoms with Crippen LogP contribution in [0.3, 0.4) is 0 Å². The first-order valence-corrected chi connectivity index (χ1v) is 7.72. The number of aryl methyl sites for hydroxylation is 1. The molecule has 98 valence electrons. The molecule has 1 aliphatic rings. The quantitative estimate of drug-likeness (QED) is 0.676. The summed E-state index contributed by atoms with van der Waals surface area (Å²) >= 11 is 5.38. The molecule has 1 fully saturated rings. The van der Waals surface area contributed by atoms with Gasteiger partial charge in [0.1, 0.15) is 0 Å². The number of benzene rings is 1. The fourth-order valence-electron chi connectivity index (χ4n) is 2.01. The number of nitrogens with one attached hydrogen (secondary N) is 1. The van der Waals surface area contributed by atoms with Gasteiger partial charge in [0.2, 0.25) is 0 Å². The highest BCUT2D eigenvalue weighted by atomic mass is 79.9. The second-order valence-corrected chi connectivity index (χ2v) is 6.57. The summed E-state index contributed by atoms with van der Waals surface area (Å²) < 4.78 is 0.884. The summed E-state index contributed by atoms with van der Waals surface area (Å²) in [5.74, 6) is 2.78. The minimum atomic E-state index is -0.334. The Labute approximate surface area is 119 Å². The van der Waals surface area contributed by atoms with Crippen molar-refractivity contribution in [1.82, 2.24) is 0 Å². The van der Waals surface area contributed by atoms with Crippen LogP contribution < -0.4 is 5.32 Å². The molecule has 6 heteroatoms. The molecule has 0 saturated carbocycles. The highest BCUT2D eigenvalue weighted by Crippen LogP contribution is 2.34. The molecule has 1 aliphatic heterocycles. The van der Waals surface area contributed by atoms with E-state index < -0.39 is 0 Å². The minimum absolute atomic E-state index is 0.166. The predicted molar refractivity (Wildman–Crippen MR) is 79.4 cm³/mol. The van der Waals surface area contributed by atoms with Crippen LogP contribution in [-0.4, -0.2) is 22.5 Å². The Bertz CT molecular complexity index is 481. The molecule has 0 aliphatic carbocycles. The van der Waals surface area contributed by atoms with Gasteiger partial charge in [-0.15, -0.1) is 0 Å². The molecule has 2 atom stereocenters. The third-order valence-electron chi connectivity index (χ3n) is 3.19. The minimum Gasteiger partial charge on any atom is -0.380 e. The van der Waals surface area contributed by atoms with Gasteiger partial charge in [-0.2, -0.15) is 11.8 Å². The van der Waals surface area contributed by atoms with Gasteiger partial charge in [-0.05, 0) is 40.6 Å². The van der Waals surface area contributed by atoms with Crippen LogP contribution >= 0.6 is 27.7 Å². The molecular weight excluding hydrogens is 316 g/mol. The van der Waals surface area contributed by atoms with E-state index in [-0.39, 0.29) is 10.6 Å². The number of rotatable bonds is 3. The first-order valence-electron chi connectivity index (χ1n) is 5.78. The first-order chi connectivity index (χ1) is 8.49. The molecule has 18 heavy (non-hydrogen) atoms. The number of halogens is 1. The summed E-state index contributed by atoms with van der Waals surface area (Å²) in [6.45, 7) is 3.95. The molecule has 1 aromatic carbocycles. The summed E-state index contributed by atoms with van der Waals surface area (Å²) in [6.07, 6.45) is 0. The van der Waals surface area contributed by atoms with Gasteiger partial charge in [0.25, 0.3) is 5.69 Å². The SMILES string of the molecule is Cc1cc(Br)c(NC2CSCC2C)cc1[N+](=O)[O-]. The Morgan fingerprint density at radius 3 is 2.78 bits per heavy atom. The van der Waals surface area contributed by atoms with Gasteiger partial charge in [-0.25, -0.2) is 0 Å². The van der Waals surface area contributed by atoms with Crippen LogP contribution in [0.15, 0.2) is 16.6 Å². The Kier molecular flexibility index (Phi) is 4.17. The molecule has 4 nitrogen and oxygen atoms in total. The number of thioether (sulfide) groups is 1. The number of anilines is 1. The van der Waals surface area contributed by atoms with Crippen molar-refractivity contribution in [1.29, 1.82) is 0 Å². The van der Waals surface area contributed by atoms with E-state index in [1.807, 2.05) is 11.8 Å². The lowest BCUT2D eigenvalue weighted by Crippen LogP contribution is -2.25. The highest BCUT2D eigenvalue weighted by molar-refractivity contribution is 9.10. The van der Waals surface area contributed by atoms with E-state index in [4.69, 9.17) is 0 Å². The normalized spacial score (nSPS) is 23.1. The van der Waals surface area contributed by atoms with Crippen molar-refractivity contribution in [3.8, 4) is 0 Å². The Morgan fingerprint density at radius 1 is 1.50 bits per heavy atom. The largest absolute Gasteiger partial charge is 0.380 e. The second-order valence-electron chi connectivity index (χ2n) is 4.64. The van der Waals surface area contributed by atoms with E-state index >= 15 is 0 Å². The average molecular weight is 331 g/mol. The monoisotopic (exact) mass is 330 g/mol. The van der Waals surface area contributed by atoms with Crippen LogP contribution in [-0.2, 0) is 0 Å². The van der Waals surface area contributed by atoms with Crippen molar-refractivity contribution in [3.05, 3.63) is 32.3 Å².